The van der Waals surface area contributed by atoms with E-state index in [-0.39, 0.29) is 0 Å². The zero-order chi connectivity index (χ0) is 37.5. The topological polar surface area (TPSA) is 56.7 Å². The van der Waals surface area contributed by atoms with E-state index in [0.29, 0.717) is 17.5 Å². The van der Waals surface area contributed by atoms with Gasteiger partial charge in [-0.05, 0) is 47.5 Å². The average molecular weight is 747 g/mol. The van der Waals surface area contributed by atoms with Gasteiger partial charge in [-0.3, -0.25) is 0 Å². The van der Waals surface area contributed by atoms with Gasteiger partial charge in [0.15, 0.2) is 23.1 Å². The van der Waals surface area contributed by atoms with Crippen molar-refractivity contribution >= 4 is 75.3 Å². The lowest BCUT2D eigenvalue weighted by molar-refractivity contribution is 0.666. The van der Waals surface area contributed by atoms with Gasteiger partial charge in [-0.15, -0.1) is 11.3 Å². The van der Waals surface area contributed by atoms with Crippen molar-refractivity contribution in [3.8, 4) is 51.0 Å². The van der Waals surface area contributed by atoms with Crippen molar-refractivity contribution in [1.82, 2.24) is 19.5 Å². The van der Waals surface area contributed by atoms with E-state index in [9.17, 15) is 0 Å². The van der Waals surface area contributed by atoms with Crippen molar-refractivity contribution in [1.29, 1.82) is 0 Å². The molecule has 8 aromatic carbocycles. The second-order valence-corrected chi connectivity index (χ2v) is 15.4. The standard InChI is InChI=1S/C51H30N4OS/c1-3-15-31(16-4-1)33-21-14-30-44-46(33)37-23-11-25-39(48(37)57-44)51-53-49(32-17-5-2-6-18-32)52-50(54-51)38-24-13-29-43-45(38)36-22-12-28-42(47(36)56-43)55-40-26-9-7-19-34(40)35-20-8-10-27-41(35)55/h1-30H. The van der Waals surface area contributed by atoms with Crippen LogP contribution in [0.3, 0.4) is 0 Å². The summed E-state index contributed by atoms with van der Waals surface area (Å²) < 4.78 is 11.5. The quantitative estimate of drug-likeness (QED) is 0.176. The van der Waals surface area contributed by atoms with Gasteiger partial charge in [-0.25, -0.2) is 15.0 Å². The molecule has 12 aromatic rings. The second-order valence-electron chi connectivity index (χ2n) is 14.3. The summed E-state index contributed by atoms with van der Waals surface area (Å²) in [6.45, 7) is 0. The molecular weight excluding hydrogens is 717 g/mol. The highest BCUT2D eigenvalue weighted by Crippen LogP contribution is 2.45. The van der Waals surface area contributed by atoms with Gasteiger partial charge in [-0.2, -0.15) is 0 Å². The van der Waals surface area contributed by atoms with Crippen molar-refractivity contribution in [3.05, 3.63) is 182 Å². The Morgan fingerprint density at radius 3 is 1.74 bits per heavy atom. The molecular formula is C51H30N4OS. The van der Waals surface area contributed by atoms with Gasteiger partial charge in [-0.1, -0.05) is 146 Å². The number of furan rings is 1. The first-order valence-electron chi connectivity index (χ1n) is 19.0. The maximum absolute atomic E-state index is 6.85. The minimum atomic E-state index is 0.595. The zero-order valence-electron chi connectivity index (χ0n) is 30.4. The van der Waals surface area contributed by atoms with Crippen molar-refractivity contribution < 1.29 is 4.42 Å². The third-order valence-corrected chi connectivity index (χ3v) is 12.3. The number of hydrogen-bond donors (Lipinski definition) is 0. The number of fused-ring (bicyclic) bond motifs is 9. The van der Waals surface area contributed by atoms with Gasteiger partial charge in [0, 0.05) is 58.4 Å². The Bertz CT molecular complexity index is 3470. The van der Waals surface area contributed by atoms with E-state index in [0.717, 1.165) is 60.0 Å². The van der Waals surface area contributed by atoms with E-state index in [4.69, 9.17) is 19.4 Å². The van der Waals surface area contributed by atoms with Gasteiger partial charge in [0.05, 0.1) is 16.7 Å². The lowest BCUT2D eigenvalue weighted by atomic mass is 9.99. The van der Waals surface area contributed by atoms with Crippen molar-refractivity contribution in [2.45, 2.75) is 0 Å². The Kier molecular flexibility index (Phi) is 7.03. The maximum atomic E-state index is 6.85. The molecule has 0 aliphatic carbocycles. The first kappa shape index (κ1) is 31.9. The molecule has 0 bridgehead atoms. The molecule has 0 aliphatic heterocycles. The number of rotatable bonds is 5. The molecule has 0 unspecified atom stereocenters. The van der Waals surface area contributed by atoms with Crippen LogP contribution in [-0.2, 0) is 0 Å². The highest BCUT2D eigenvalue weighted by Gasteiger charge is 2.22. The number of para-hydroxylation sites is 3. The van der Waals surface area contributed by atoms with Crippen molar-refractivity contribution in [2.24, 2.45) is 0 Å². The van der Waals surface area contributed by atoms with Crippen LogP contribution in [0.5, 0.6) is 0 Å². The molecule has 12 rings (SSSR count). The van der Waals surface area contributed by atoms with E-state index >= 15 is 0 Å². The van der Waals surface area contributed by atoms with E-state index in [1.807, 2.05) is 30.3 Å². The molecule has 266 valence electrons. The summed E-state index contributed by atoms with van der Waals surface area (Å²) in [7, 11) is 0. The number of benzene rings is 8. The number of nitrogens with zero attached hydrogens (tertiary/aromatic N) is 4. The van der Waals surface area contributed by atoms with Crippen molar-refractivity contribution in [2.75, 3.05) is 0 Å². The Labute approximate surface area is 330 Å². The summed E-state index contributed by atoms with van der Waals surface area (Å²) >= 11 is 1.78. The van der Waals surface area contributed by atoms with Crippen LogP contribution in [0.2, 0.25) is 0 Å². The number of aromatic nitrogens is 4. The monoisotopic (exact) mass is 746 g/mol. The van der Waals surface area contributed by atoms with Crippen LogP contribution in [-0.4, -0.2) is 19.5 Å². The van der Waals surface area contributed by atoms with Gasteiger partial charge >= 0.3 is 0 Å². The first-order chi connectivity index (χ1) is 28.3. The molecule has 0 N–H and O–H groups in total. The van der Waals surface area contributed by atoms with Crippen LogP contribution in [0.15, 0.2) is 186 Å². The van der Waals surface area contributed by atoms with Gasteiger partial charge in [0.2, 0.25) is 0 Å². The van der Waals surface area contributed by atoms with Crippen LogP contribution >= 0.6 is 11.3 Å². The van der Waals surface area contributed by atoms with Crippen LogP contribution < -0.4 is 0 Å². The predicted octanol–water partition coefficient (Wildman–Crippen LogP) is 13.9. The third kappa shape index (κ3) is 4.91. The van der Waals surface area contributed by atoms with E-state index in [1.54, 1.807) is 11.3 Å². The van der Waals surface area contributed by atoms with Crippen LogP contribution in [0.25, 0.3) is 115 Å². The SMILES string of the molecule is c1ccc(-c2nc(-c3cccc4c3sc3cccc(-c5ccccc5)c34)nc(-c3cccc4oc5c(-n6c7ccccc7c7ccccc76)cccc5c34)n2)cc1. The molecule has 0 aliphatic rings. The largest absolute Gasteiger partial charge is 0.454 e. The summed E-state index contributed by atoms with van der Waals surface area (Å²) in [5.41, 5.74) is 10.1. The van der Waals surface area contributed by atoms with Crippen LogP contribution in [0.4, 0.5) is 0 Å². The van der Waals surface area contributed by atoms with Gasteiger partial charge in [0.25, 0.3) is 0 Å². The molecule has 0 fully saturated rings. The van der Waals surface area contributed by atoms with Crippen molar-refractivity contribution in [3.63, 3.8) is 0 Å². The number of hydrogen-bond acceptors (Lipinski definition) is 5. The molecule has 0 saturated carbocycles. The van der Waals surface area contributed by atoms with E-state index < -0.39 is 0 Å². The molecule has 0 radical (unpaired) electrons. The Hall–Kier alpha value is -7.41. The molecule has 57 heavy (non-hydrogen) atoms. The number of thiophene rings is 1. The molecule has 5 nitrogen and oxygen atoms in total. The van der Waals surface area contributed by atoms with E-state index in [1.165, 1.54) is 37.4 Å². The fraction of sp³-hybridized carbons (Fsp3) is 0. The van der Waals surface area contributed by atoms with Crippen LogP contribution in [0, 0.1) is 0 Å². The molecule has 0 amide bonds. The maximum Gasteiger partial charge on any atom is 0.165 e. The Balaban J connectivity index is 1.10. The minimum absolute atomic E-state index is 0.595. The average Bonchev–Trinajstić information content (AvgIpc) is 3.97. The summed E-state index contributed by atoms with van der Waals surface area (Å²) in [5.74, 6) is 1.85. The van der Waals surface area contributed by atoms with E-state index in [2.05, 4.69) is 156 Å². The molecule has 0 spiro atoms. The summed E-state index contributed by atoms with van der Waals surface area (Å²) in [6.07, 6.45) is 0. The second kappa shape index (κ2) is 12.6. The fourth-order valence-electron chi connectivity index (χ4n) is 8.59. The van der Waals surface area contributed by atoms with Gasteiger partial charge in [0.1, 0.15) is 5.58 Å². The predicted molar refractivity (Wildman–Crippen MR) is 236 cm³/mol. The van der Waals surface area contributed by atoms with Gasteiger partial charge < -0.3 is 8.98 Å². The Morgan fingerprint density at radius 1 is 0.404 bits per heavy atom. The lowest BCUT2D eigenvalue weighted by Crippen LogP contribution is -2.00. The zero-order valence-corrected chi connectivity index (χ0v) is 31.2. The molecule has 4 aromatic heterocycles. The minimum Gasteiger partial charge on any atom is -0.454 e. The summed E-state index contributed by atoms with van der Waals surface area (Å²) in [6, 6.07) is 63.6. The molecule has 6 heteroatoms. The lowest BCUT2D eigenvalue weighted by Gasteiger charge is -2.10. The Morgan fingerprint density at radius 2 is 0.965 bits per heavy atom. The highest BCUT2D eigenvalue weighted by molar-refractivity contribution is 7.26. The molecule has 0 atom stereocenters. The molecule has 0 saturated heterocycles. The highest BCUT2D eigenvalue weighted by atomic mass is 32.1. The fourth-order valence-corrected chi connectivity index (χ4v) is 9.83. The summed E-state index contributed by atoms with van der Waals surface area (Å²) in [5, 5.41) is 6.82. The van der Waals surface area contributed by atoms with Crippen LogP contribution in [0.1, 0.15) is 0 Å². The third-order valence-electron chi connectivity index (χ3n) is 11.1. The normalized spacial score (nSPS) is 11.9. The first-order valence-corrected chi connectivity index (χ1v) is 19.8. The smallest absolute Gasteiger partial charge is 0.165 e. The molecule has 4 heterocycles. The summed E-state index contributed by atoms with van der Waals surface area (Å²) in [4.78, 5) is 15.7.